The molecule has 1 aromatic carbocycles. The molecule has 0 bridgehead atoms. The summed E-state index contributed by atoms with van der Waals surface area (Å²) in [5, 5.41) is 0.748. The Bertz CT molecular complexity index is 336. The van der Waals surface area contributed by atoms with Gasteiger partial charge in [0, 0.05) is 17.7 Å². The molecular weight excluding hydrogens is 222 g/mol. The Balaban J connectivity index is 1.94. The zero-order chi connectivity index (χ0) is 11.4. The van der Waals surface area contributed by atoms with Crippen LogP contribution in [-0.4, -0.2) is 12.7 Å². The molecular formula is C13H18ClNO. The van der Waals surface area contributed by atoms with E-state index in [-0.39, 0.29) is 6.04 Å². The molecule has 3 heteroatoms. The Hall–Kier alpha value is -0.570. The third-order valence-corrected chi connectivity index (χ3v) is 3.30. The van der Waals surface area contributed by atoms with Crippen molar-refractivity contribution in [3.63, 3.8) is 0 Å². The summed E-state index contributed by atoms with van der Waals surface area (Å²) in [6.45, 7) is 0.882. The van der Waals surface area contributed by atoms with Crippen molar-refractivity contribution in [3.05, 3.63) is 34.9 Å². The molecule has 16 heavy (non-hydrogen) atoms. The molecule has 1 aliphatic rings. The predicted molar refractivity (Wildman–Crippen MR) is 66.6 cm³/mol. The summed E-state index contributed by atoms with van der Waals surface area (Å²) in [5.41, 5.74) is 7.25. The van der Waals surface area contributed by atoms with Crippen molar-refractivity contribution >= 4 is 11.6 Å². The fourth-order valence-electron chi connectivity index (χ4n) is 2.15. The highest BCUT2D eigenvalue weighted by molar-refractivity contribution is 6.30. The van der Waals surface area contributed by atoms with Gasteiger partial charge in [0.05, 0.1) is 6.10 Å². The van der Waals surface area contributed by atoms with E-state index in [0.717, 1.165) is 30.0 Å². The molecule has 2 atom stereocenters. The van der Waals surface area contributed by atoms with Crippen LogP contribution < -0.4 is 5.73 Å². The van der Waals surface area contributed by atoms with Crippen LogP contribution in [0.25, 0.3) is 0 Å². The van der Waals surface area contributed by atoms with Gasteiger partial charge in [-0.3, -0.25) is 0 Å². The number of rotatable bonds is 3. The quantitative estimate of drug-likeness (QED) is 0.879. The largest absolute Gasteiger partial charge is 0.378 e. The molecule has 88 valence electrons. The van der Waals surface area contributed by atoms with Gasteiger partial charge in [0.1, 0.15) is 0 Å². The SMILES string of the molecule is NC(CC1CCCCO1)c1cccc(Cl)c1. The summed E-state index contributed by atoms with van der Waals surface area (Å²) in [6.07, 6.45) is 4.78. The second-order valence-electron chi connectivity index (χ2n) is 4.39. The Labute approximate surface area is 102 Å². The number of halogens is 1. The fraction of sp³-hybridized carbons (Fsp3) is 0.538. The lowest BCUT2D eigenvalue weighted by Gasteiger charge is -2.25. The van der Waals surface area contributed by atoms with E-state index in [1.165, 1.54) is 12.8 Å². The van der Waals surface area contributed by atoms with Gasteiger partial charge in [-0.05, 0) is 43.4 Å². The maximum Gasteiger partial charge on any atom is 0.0593 e. The number of hydrogen-bond donors (Lipinski definition) is 1. The van der Waals surface area contributed by atoms with Crippen LogP contribution in [0.3, 0.4) is 0 Å². The van der Waals surface area contributed by atoms with Crippen LogP contribution in [0.2, 0.25) is 5.02 Å². The van der Waals surface area contributed by atoms with Crippen molar-refractivity contribution in [2.75, 3.05) is 6.61 Å². The van der Waals surface area contributed by atoms with Crippen molar-refractivity contribution in [2.24, 2.45) is 5.73 Å². The second kappa shape index (κ2) is 5.67. The van der Waals surface area contributed by atoms with Crippen LogP contribution in [0.1, 0.15) is 37.3 Å². The summed E-state index contributed by atoms with van der Waals surface area (Å²) in [6, 6.07) is 7.81. The first-order chi connectivity index (χ1) is 7.75. The molecule has 1 heterocycles. The van der Waals surface area contributed by atoms with Gasteiger partial charge in [-0.15, -0.1) is 0 Å². The van der Waals surface area contributed by atoms with Gasteiger partial charge in [0.15, 0.2) is 0 Å². The predicted octanol–water partition coefficient (Wildman–Crippen LogP) is 3.30. The molecule has 1 fully saturated rings. The van der Waals surface area contributed by atoms with E-state index in [0.29, 0.717) is 6.10 Å². The molecule has 2 rings (SSSR count). The van der Waals surface area contributed by atoms with Crippen LogP contribution in [-0.2, 0) is 4.74 Å². The molecule has 0 aliphatic carbocycles. The Morgan fingerprint density at radius 1 is 1.44 bits per heavy atom. The minimum absolute atomic E-state index is 0.0294. The highest BCUT2D eigenvalue weighted by atomic mass is 35.5. The number of nitrogens with two attached hydrogens (primary N) is 1. The van der Waals surface area contributed by atoms with Crippen molar-refractivity contribution in [1.29, 1.82) is 0 Å². The minimum atomic E-state index is 0.0294. The van der Waals surface area contributed by atoms with Crippen LogP contribution in [0.4, 0.5) is 0 Å². The van der Waals surface area contributed by atoms with Crippen LogP contribution in [0.5, 0.6) is 0 Å². The van der Waals surface area contributed by atoms with Gasteiger partial charge < -0.3 is 10.5 Å². The lowest BCUT2D eigenvalue weighted by molar-refractivity contribution is 0.00729. The van der Waals surface area contributed by atoms with Crippen molar-refractivity contribution in [2.45, 2.75) is 37.8 Å². The molecule has 1 aliphatic heterocycles. The van der Waals surface area contributed by atoms with E-state index < -0.39 is 0 Å². The molecule has 2 unspecified atom stereocenters. The Morgan fingerprint density at radius 2 is 2.31 bits per heavy atom. The Morgan fingerprint density at radius 3 is 3.00 bits per heavy atom. The van der Waals surface area contributed by atoms with E-state index in [1.54, 1.807) is 0 Å². The molecule has 0 amide bonds. The smallest absolute Gasteiger partial charge is 0.0593 e. The van der Waals surface area contributed by atoms with Gasteiger partial charge in [-0.25, -0.2) is 0 Å². The average Bonchev–Trinajstić information content (AvgIpc) is 2.30. The minimum Gasteiger partial charge on any atom is -0.378 e. The molecule has 0 radical (unpaired) electrons. The Kier molecular flexibility index (Phi) is 4.22. The van der Waals surface area contributed by atoms with Gasteiger partial charge in [0.2, 0.25) is 0 Å². The highest BCUT2D eigenvalue weighted by Gasteiger charge is 2.18. The standard InChI is InChI=1S/C13H18ClNO/c14-11-5-3-4-10(8-11)13(15)9-12-6-1-2-7-16-12/h3-5,8,12-13H,1-2,6-7,9,15H2. The summed E-state index contributed by atoms with van der Waals surface area (Å²) in [4.78, 5) is 0. The summed E-state index contributed by atoms with van der Waals surface area (Å²) in [5.74, 6) is 0. The van der Waals surface area contributed by atoms with E-state index in [1.807, 2.05) is 24.3 Å². The first-order valence-electron chi connectivity index (χ1n) is 5.88. The van der Waals surface area contributed by atoms with E-state index in [9.17, 15) is 0 Å². The molecule has 1 aromatic rings. The summed E-state index contributed by atoms with van der Waals surface area (Å²) < 4.78 is 5.69. The number of hydrogen-bond acceptors (Lipinski definition) is 2. The van der Waals surface area contributed by atoms with Crippen molar-refractivity contribution < 1.29 is 4.74 Å². The zero-order valence-electron chi connectivity index (χ0n) is 9.36. The third kappa shape index (κ3) is 3.21. The molecule has 0 aromatic heterocycles. The normalized spacial score (nSPS) is 23.0. The maximum absolute atomic E-state index is 6.16. The maximum atomic E-state index is 6.16. The third-order valence-electron chi connectivity index (χ3n) is 3.07. The molecule has 2 nitrogen and oxygen atoms in total. The lowest BCUT2D eigenvalue weighted by atomic mass is 9.97. The average molecular weight is 240 g/mol. The lowest BCUT2D eigenvalue weighted by Crippen LogP contribution is -2.24. The molecule has 2 N–H and O–H groups in total. The fourth-order valence-corrected chi connectivity index (χ4v) is 2.35. The summed E-state index contributed by atoms with van der Waals surface area (Å²) >= 11 is 5.94. The van der Waals surface area contributed by atoms with Gasteiger partial charge in [-0.2, -0.15) is 0 Å². The number of benzene rings is 1. The monoisotopic (exact) mass is 239 g/mol. The van der Waals surface area contributed by atoms with Crippen molar-refractivity contribution in [1.82, 2.24) is 0 Å². The topological polar surface area (TPSA) is 35.2 Å². The van der Waals surface area contributed by atoms with Crippen LogP contribution >= 0.6 is 11.6 Å². The summed E-state index contributed by atoms with van der Waals surface area (Å²) in [7, 11) is 0. The molecule has 1 saturated heterocycles. The van der Waals surface area contributed by atoms with E-state index in [2.05, 4.69) is 0 Å². The van der Waals surface area contributed by atoms with Gasteiger partial charge >= 0.3 is 0 Å². The van der Waals surface area contributed by atoms with Crippen LogP contribution in [0.15, 0.2) is 24.3 Å². The molecule has 0 spiro atoms. The number of ether oxygens (including phenoxy) is 1. The second-order valence-corrected chi connectivity index (χ2v) is 4.82. The van der Waals surface area contributed by atoms with Crippen molar-refractivity contribution in [3.8, 4) is 0 Å². The van der Waals surface area contributed by atoms with Gasteiger partial charge in [-0.1, -0.05) is 23.7 Å². The van der Waals surface area contributed by atoms with Gasteiger partial charge in [0.25, 0.3) is 0 Å². The highest BCUT2D eigenvalue weighted by Crippen LogP contribution is 2.24. The first-order valence-corrected chi connectivity index (χ1v) is 6.26. The van der Waals surface area contributed by atoms with E-state index >= 15 is 0 Å². The zero-order valence-corrected chi connectivity index (χ0v) is 10.1. The molecule has 0 saturated carbocycles. The van der Waals surface area contributed by atoms with Crippen LogP contribution in [0, 0.1) is 0 Å². The van der Waals surface area contributed by atoms with E-state index in [4.69, 9.17) is 22.1 Å². The first kappa shape index (κ1) is 11.9.